The van der Waals surface area contributed by atoms with Crippen molar-refractivity contribution in [3.8, 4) is 0 Å². The van der Waals surface area contributed by atoms with Crippen molar-refractivity contribution in [3.05, 3.63) is 35.0 Å². The number of fused-ring (bicyclic) bond motifs is 1. The maximum absolute atomic E-state index is 12.2. The van der Waals surface area contributed by atoms with E-state index < -0.39 is 0 Å². The number of hydrogen-bond acceptors (Lipinski definition) is 1. The van der Waals surface area contributed by atoms with Gasteiger partial charge in [0.25, 0.3) is 5.91 Å². The van der Waals surface area contributed by atoms with Gasteiger partial charge in [0.1, 0.15) is 0 Å². The topological polar surface area (TPSA) is 44.9 Å². The van der Waals surface area contributed by atoms with E-state index in [-0.39, 0.29) is 5.91 Å². The summed E-state index contributed by atoms with van der Waals surface area (Å²) < 4.78 is 0. The van der Waals surface area contributed by atoms with Gasteiger partial charge >= 0.3 is 0 Å². The van der Waals surface area contributed by atoms with Gasteiger partial charge in [-0.3, -0.25) is 4.79 Å². The molecule has 0 radical (unpaired) electrons. The normalized spacial score (nSPS) is 16.3. The molecule has 0 spiro atoms. The number of halogens is 1. The van der Waals surface area contributed by atoms with Gasteiger partial charge in [0.15, 0.2) is 0 Å². The van der Waals surface area contributed by atoms with Crippen molar-refractivity contribution in [3.63, 3.8) is 0 Å². The fourth-order valence-electron chi connectivity index (χ4n) is 2.61. The molecule has 18 heavy (non-hydrogen) atoms. The zero-order valence-corrected chi connectivity index (χ0v) is 10.8. The SMILES string of the molecule is O=C(NC1CCCC1)c1c[nH]c2ccc(Cl)cc12. The van der Waals surface area contributed by atoms with Crippen LogP contribution in [-0.4, -0.2) is 16.9 Å². The molecule has 4 heteroatoms. The zero-order valence-electron chi connectivity index (χ0n) is 10.0. The standard InChI is InChI=1S/C14H15ClN2O/c15-9-5-6-13-11(7-9)12(8-16-13)14(18)17-10-3-1-2-4-10/h5-8,10,16H,1-4H2,(H,17,18). The van der Waals surface area contributed by atoms with E-state index in [1.807, 2.05) is 18.2 Å². The van der Waals surface area contributed by atoms with Crippen LogP contribution in [0.25, 0.3) is 10.9 Å². The van der Waals surface area contributed by atoms with E-state index in [4.69, 9.17) is 11.6 Å². The highest BCUT2D eigenvalue weighted by Gasteiger charge is 2.19. The Labute approximate surface area is 111 Å². The van der Waals surface area contributed by atoms with Crippen molar-refractivity contribution in [1.82, 2.24) is 10.3 Å². The fraction of sp³-hybridized carbons (Fsp3) is 0.357. The summed E-state index contributed by atoms with van der Waals surface area (Å²) in [7, 11) is 0. The summed E-state index contributed by atoms with van der Waals surface area (Å²) in [4.78, 5) is 15.3. The summed E-state index contributed by atoms with van der Waals surface area (Å²) in [6.07, 6.45) is 6.37. The average Bonchev–Trinajstić information content (AvgIpc) is 2.97. The molecule has 2 N–H and O–H groups in total. The van der Waals surface area contributed by atoms with Crippen molar-refractivity contribution in [2.75, 3.05) is 0 Å². The second kappa shape index (κ2) is 4.65. The number of nitrogens with one attached hydrogen (secondary N) is 2. The lowest BCUT2D eigenvalue weighted by molar-refractivity contribution is 0.0939. The van der Waals surface area contributed by atoms with E-state index >= 15 is 0 Å². The third-order valence-corrected chi connectivity index (χ3v) is 3.81. The Balaban J connectivity index is 1.88. The monoisotopic (exact) mass is 262 g/mol. The molecule has 0 unspecified atom stereocenters. The smallest absolute Gasteiger partial charge is 0.253 e. The van der Waals surface area contributed by atoms with Gasteiger partial charge in [-0.15, -0.1) is 0 Å². The zero-order chi connectivity index (χ0) is 12.5. The van der Waals surface area contributed by atoms with Crippen LogP contribution in [0, 0.1) is 0 Å². The lowest BCUT2D eigenvalue weighted by Crippen LogP contribution is -2.32. The minimum absolute atomic E-state index is 0.00424. The number of H-pyrrole nitrogens is 1. The minimum Gasteiger partial charge on any atom is -0.360 e. The van der Waals surface area contributed by atoms with Gasteiger partial charge < -0.3 is 10.3 Å². The van der Waals surface area contributed by atoms with E-state index in [1.165, 1.54) is 12.8 Å². The van der Waals surface area contributed by atoms with Crippen LogP contribution in [-0.2, 0) is 0 Å². The van der Waals surface area contributed by atoms with Crippen molar-refractivity contribution in [2.24, 2.45) is 0 Å². The van der Waals surface area contributed by atoms with Crippen LogP contribution in [0.15, 0.2) is 24.4 Å². The minimum atomic E-state index is -0.00424. The van der Waals surface area contributed by atoms with Gasteiger partial charge in [0.05, 0.1) is 5.56 Å². The predicted molar refractivity (Wildman–Crippen MR) is 73.0 cm³/mol. The van der Waals surface area contributed by atoms with Crippen LogP contribution in [0.2, 0.25) is 5.02 Å². The van der Waals surface area contributed by atoms with Crippen molar-refractivity contribution in [2.45, 2.75) is 31.7 Å². The van der Waals surface area contributed by atoms with Crippen molar-refractivity contribution >= 4 is 28.4 Å². The Morgan fingerprint density at radius 1 is 1.33 bits per heavy atom. The van der Waals surface area contributed by atoms with Crippen LogP contribution in [0.5, 0.6) is 0 Å². The summed E-state index contributed by atoms with van der Waals surface area (Å²) in [5.74, 6) is -0.00424. The molecule has 1 fully saturated rings. The number of carbonyl (C=O) groups is 1. The maximum atomic E-state index is 12.2. The molecule has 1 aliphatic carbocycles. The molecule has 1 aromatic heterocycles. The number of rotatable bonds is 2. The van der Waals surface area contributed by atoms with Gasteiger partial charge in [0, 0.05) is 28.2 Å². The highest BCUT2D eigenvalue weighted by molar-refractivity contribution is 6.31. The van der Waals surface area contributed by atoms with Crippen LogP contribution < -0.4 is 5.32 Å². The third-order valence-electron chi connectivity index (χ3n) is 3.58. The number of amides is 1. The number of carbonyl (C=O) groups excluding carboxylic acids is 1. The van der Waals surface area contributed by atoms with E-state index in [0.717, 1.165) is 23.7 Å². The van der Waals surface area contributed by atoms with Crippen LogP contribution >= 0.6 is 11.6 Å². The molecule has 1 amide bonds. The Morgan fingerprint density at radius 2 is 2.11 bits per heavy atom. The Bertz CT molecular complexity index is 584. The summed E-state index contributed by atoms with van der Waals surface area (Å²) in [5, 5.41) is 4.63. The lowest BCUT2D eigenvalue weighted by Gasteiger charge is -2.11. The predicted octanol–water partition coefficient (Wildman–Crippen LogP) is 3.49. The molecule has 1 saturated carbocycles. The lowest BCUT2D eigenvalue weighted by atomic mass is 10.1. The first-order valence-electron chi connectivity index (χ1n) is 6.31. The molecular weight excluding hydrogens is 248 g/mol. The first-order valence-corrected chi connectivity index (χ1v) is 6.69. The molecule has 0 atom stereocenters. The summed E-state index contributed by atoms with van der Waals surface area (Å²) in [5.41, 5.74) is 1.62. The van der Waals surface area contributed by atoms with Crippen LogP contribution in [0.4, 0.5) is 0 Å². The summed E-state index contributed by atoms with van der Waals surface area (Å²) in [6, 6.07) is 5.88. The van der Waals surface area contributed by atoms with Crippen molar-refractivity contribution in [1.29, 1.82) is 0 Å². The molecule has 94 valence electrons. The third kappa shape index (κ3) is 2.10. The van der Waals surface area contributed by atoms with Crippen LogP contribution in [0.3, 0.4) is 0 Å². The largest absolute Gasteiger partial charge is 0.360 e. The van der Waals surface area contributed by atoms with E-state index in [0.29, 0.717) is 16.6 Å². The first kappa shape index (κ1) is 11.6. The molecule has 3 nitrogen and oxygen atoms in total. The Morgan fingerprint density at radius 3 is 2.89 bits per heavy atom. The van der Waals surface area contributed by atoms with E-state index in [1.54, 1.807) is 6.20 Å². The van der Waals surface area contributed by atoms with E-state index in [9.17, 15) is 4.79 Å². The number of aromatic nitrogens is 1. The van der Waals surface area contributed by atoms with Gasteiger partial charge in [-0.25, -0.2) is 0 Å². The van der Waals surface area contributed by atoms with Gasteiger partial charge in [-0.05, 0) is 31.0 Å². The molecule has 3 rings (SSSR count). The molecule has 0 aliphatic heterocycles. The molecule has 1 heterocycles. The summed E-state index contributed by atoms with van der Waals surface area (Å²) in [6.45, 7) is 0. The molecule has 1 aliphatic rings. The quantitative estimate of drug-likeness (QED) is 0.855. The van der Waals surface area contributed by atoms with Crippen LogP contribution in [0.1, 0.15) is 36.0 Å². The van der Waals surface area contributed by atoms with Gasteiger partial charge in [0.2, 0.25) is 0 Å². The highest BCUT2D eigenvalue weighted by Crippen LogP contribution is 2.23. The van der Waals surface area contributed by atoms with Gasteiger partial charge in [-0.1, -0.05) is 24.4 Å². The second-order valence-electron chi connectivity index (χ2n) is 4.85. The molecule has 1 aromatic carbocycles. The highest BCUT2D eigenvalue weighted by atomic mass is 35.5. The molecular formula is C14H15ClN2O. The maximum Gasteiger partial charge on any atom is 0.253 e. The Kier molecular flexibility index (Phi) is 3.00. The molecule has 0 bridgehead atoms. The fourth-order valence-corrected chi connectivity index (χ4v) is 2.79. The number of hydrogen-bond donors (Lipinski definition) is 2. The first-order chi connectivity index (χ1) is 8.74. The van der Waals surface area contributed by atoms with Crippen molar-refractivity contribution < 1.29 is 4.79 Å². The molecule has 2 aromatic rings. The number of benzene rings is 1. The molecule has 0 saturated heterocycles. The Hall–Kier alpha value is -1.48. The average molecular weight is 263 g/mol. The van der Waals surface area contributed by atoms with Gasteiger partial charge in [-0.2, -0.15) is 0 Å². The number of aromatic amines is 1. The summed E-state index contributed by atoms with van der Waals surface area (Å²) >= 11 is 5.98. The van der Waals surface area contributed by atoms with E-state index in [2.05, 4.69) is 10.3 Å². The second-order valence-corrected chi connectivity index (χ2v) is 5.28.